The number of quaternary nitrogens is 1. The molecule has 1 aliphatic rings. The molecule has 0 aliphatic carbocycles. The molecule has 0 spiro atoms. The van der Waals surface area contributed by atoms with E-state index < -0.39 is 17.3 Å². The van der Waals surface area contributed by atoms with Crippen molar-refractivity contribution in [1.29, 1.82) is 0 Å². The average molecular weight is 417 g/mol. The molecule has 2 atom stereocenters. The number of likely N-dealkylation sites (N-methyl/N-ethyl adjacent to an activating group) is 1. The van der Waals surface area contributed by atoms with Crippen LogP contribution in [0.25, 0.3) is 16.6 Å². The van der Waals surface area contributed by atoms with Crippen molar-refractivity contribution in [3.8, 4) is 11.6 Å². The topological polar surface area (TPSA) is 95.3 Å². The van der Waals surface area contributed by atoms with Gasteiger partial charge in [0.15, 0.2) is 6.04 Å². The van der Waals surface area contributed by atoms with E-state index in [1.54, 1.807) is 12.1 Å². The van der Waals surface area contributed by atoms with Crippen LogP contribution in [-0.4, -0.2) is 32.7 Å². The lowest BCUT2D eigenvalue weighted by Crippen LogP contribution is -3.13. The molecule has 2 aromatic heterocycles. The predicted octanol–water partition coefficient (Wildman–Crippen LogP) is 1.57. The second kappa shape index (κ2) is 7.28. The van der Waals surface area contributed by atoms with Crippen LogP contribution in [0.1, 0.15) is 35.3 Å². The zero-order valence-corrected chi connectivity index (χ0v) is 17.5. The molecule has 4 aromatic rings. The van der Waals surface area contributed by atoms with Crippen LogP contribution >= 0.6 is 0 Å². The van der Waals surface area contributed by atoms with Crippen LogP contribution in [0, 0.1) is 6.92 Å². The summed E-state index contributed by atoms with van der Waals surface area (Å²) < 4.78 is 1.18. The summed E-state index contributed by atoms with van der Waals surface area (Å²) in [5.74, 6) is -0.306. The van der Waals surface area contributed by atoms with Crippen molar-refractivity contribution in [2.75, 3.05) is 13.1 Å². The standard InChI is InChI=1S/C24H24N4O3/c1-3-27-13-12-17-16-6-4-5-7-18(16)25-20(17)21(27)19-22(29)26-24(31)28(23(19)30)15-10-8-14(2)9-11-15/h4-11,21,25,30H,3,12-13H2,1-2H3,(H,26,29,31)/p+1/t21-/m1/s1. The average Bonchev–Trinajstić information content (AvgIpc) is 3.14. The highest BCUT2D eigenvalue weighted by Crippen LogP contribution is 2.33. The largest absolute Gasteiger partial charge is 0.494 e. The zero-order chi connectivity index (χ0) is 21.7. The van der Waals surface area contributed by atoms with Gasteiger partial charge < -0.3 is 15.0 Å². The molecule has 5 rings (SSSR count). The molecular weight excluding hydrogens is 392 g/mol. The van der Waals surface area contributed by atoms with E-state index in [0.717, 1.165) is 46.6 Å². The summed E-state index contributed by atoms with van der Waals surface area (Å²) in [6.45, 7) is 5.63. The number of nitrogens with zero attached hydrogens (tertiary/aromatic N) is 1. The fourth-order valence-electron chi connectivity index (χ4n) is 4.83. The van der Waals surface area contributed by atoms with Crippen LogP contribution in [0.15, 0.2) is 58.1 Å². The molecule has 3 heterocycles. The maximum Gasteiger partial charge on any atom is 0.335 e. The molecule has 7 nitrogen and oxygen atoms in total. The monoisotopic (exact) mass is 417 g/mol. The zero-order valence-electron chi connectivity index (χ0n) is 17.5. The Balaban J connectivity index is 1.78. The van der Waals surface area contributed by atoms with Gasteiger partial charge in [0.05, 0.1) is 24.5 Å². The summed E-state index contributed by atoms with van der Waals surface area (Å²) in [6, 6.07) is 14.9. The van der Waals surface area contributed by atoms with Crippen LogP contribution in [0.2, 0.25) is 0 Å². The van der Waals surface area contributed by atoms with Gasteiger partial charge >= 0.3 is 5.69 Å². The minimum atomic E-state index is -0.652. The van der Waals surface area contributed by atoms with Crippen molar-refractivity contribution < 1.29 is 10.0 Å². The highest BCUT2D eigenvalue weighted by atomic mass is 16.3. The van der Waals surface area contributed by atoms with Crippen LogP contribution in [-0.2, 0) is 6.42 Å². The number of nitrogens with one attached hydrogen (secondary N) is 3. The summed E-state index contributed by atoms with van der Waals surface area (Å²) in [5.41, 5.74) is 3.68. The Bertz CT molecular complexity index is 1400. The van der Waals surface area contributed by atoms with Crippen molar-refractivity contribution in [2.24, 2.45) is 0 Å². The van der Waals surface area contributed by atoms with Gasteiger partial charge in [-0.2, -0.15) is 0 Å². The normalized spacial score (nSPS) is 18.3. The van der Waals surface area contributed by atoms with Crippen molar-refractivity contribution in [1.82, 2.24) is 14.5 Å². The van der Waals surface area contributed by atoms with Gasteiger partial charge in [-0.3, -0.25) is 9.78 Å². The van der Waals surface area contributed by atoms with Gasteiger partial charge in [-0.25, -0.2) is 9.36 Å². The summed E-state index contributed by atoms with van der Waals surface area (Å²) in [7, 11) is 0. The Morgan fingerprint density at radius 1 is 1.10 bits per heavy atom. The van der Waals surface area contributed by atoms with Gasteiger partial charge in [-0.1, -0.05) is 35.9 Å². The van der Waals surface area contributed by atoms with Gasteiger partial charge in [-0.15, -0.1) is 0 Å². The van der Waals surface area contributed by atoms with E-state index in [2.05, 4.69) is 23.0 Å². The van der Waals surface area contributed by atoms with Crippen molar-refractivity contribution in [2.45, 2.75) is 26.3 Å². The van der Waals surface area contributed by atoms with Gasteiger partial charge in [0.2, 0.25) is 5.88 Å². The molecule has 31 heavy (non-hydrogen) atoms. The van der Waals surface area contributed by atoms with E-state index in [1.807, 2.05) is 37.3 Å². The molecule has 0 fully saturated rings. The molecule has 1 aliphatic heterocycles. The third-order valence-corrected chi connectivity index (χ3v) is 6.40. The summed E-state index contributed by atoms with van der Waals surface area (Å²) in [4.78, 5) is 32.8. The Labute approximate surface area is 178 Å². The molecule has 158 valence electrons. The number of aryl methyl sites for hydroxylation is 1. The van der Waals surface area contributed by atoms with E-state index >= 15 is 0 Å². The molecule has 4 N–H and O–H groups in total. The van der Waals surface area contributed by atoms with E-state index in [4.69, 9.17) is 0 Å². The first kappa shape index (κ1) is 19.4. The second-order valence-corrected chi connectivity index (χ2v) is 8.18. The number of hydrogen-bond acceptors (Lipinski definition) is 3. The third kappa shape index (κ3) is 3.00. The van der Waals surface area contributed by atoms with Crippen LogP contribution < -0.4 is 16.1 Å². The lowest BCUT2D eigenvalue weighted by Gasteiger charge is -2.32. The van der Waals surface area contributed by atoms with E-state index in [-0.39, 0.29) is 11.4 Å². The molecule has 0 amide bonds. The first-order valence-corrected chi connectivity index (χ1v) is 10.6. The molecule has 7 heteroatoms. The maximum absolute atomic E-state index is 13.0. The maximum atomic E-state index is 13.0. The second-order valence-electron chi connectivity index (χ2n) is 8.18. The summed E-state index contributed by atoms with van der Waals surface area (Å²) >= 11 is 0. The van der Waals surface area contributed by atoms with Crippen molar-refractivity contribution in [3.63, 3.8) is 0 Å². The lowest BCUT2D eigenvalue weighted by atomic mass is 9.93. The lowest BCUT2D eigenvalue weighted by molar-refractivity contribution is -0.926. The Kier molecular flexibility index (Phi) is 4.55. The number of para-hydroxylation sites is 1. The van der Waals surface area contributed by atoms with Crippen LogP contribution in [0.5, 0.6) is 5.88 Å². The molecule has 1 unspecified atom stereocenters. The predicted molar refractivity (Wildman–Crippen MR) is 119 cm³/mol. The van der Waals surface area contributed by atoms with Crippen LogP contribution in [0.4, 0.5) is 0 Å². The Morgan fingerprint density at radius 3 is 2.58 bits per heavy atom. The molecular formula is C24H25N4O3+. The molecule has 0 saturated carbocycles. The Morgan fingerprint density at radius 2 is 1.84 bits per heavy atom. The molecule has 0 bridgehead atoms. The smallest absolute Gasteiger partial charge is 0.335 e. The first-order valence-electron chi connectivity index (χ1n) is 10.6. The van der Waals surface area contributed by atoms with Gasteiger partial charge in [0.25, 0.3) is 5.56 Å². The van der Waals surface area contributed by atoms with E-state index in [0.29, 0.717) is 5.69 Å². The van der Waals surface area contributed by atoms with E-state index in [9.17, 15) is 14.7 Å². The highest BCUT2D eigenvalue weighted by molar-refractivity contribution is 5.85. The fourth-order valence-corrected chi connectivity index (χ4v) is 4.83. The Hall–Kier alpha value is -3.58. The number of hydrogen-bond donors (Lipinski definition) is 4. The van der Waals surface area contributed by atoms with Gasteiger partial charge in [0.1, 0.15) is 5.56 Å². The van der Waals surface area contributed by atoms with Crippen molar-refractivity contribution >= 4 is 10.9 Å². The number of aromatic amines is 2. The number of H-pyrrole nitrogens is 2. The quantitative estimate of drug-likeness (QED) is 0.408. The van der Waals surface area contributed by atoms with E-state index in [1.165, 1.54) is 10.1 Å². The molecule has 2 aromatic carbocycles. The summed E-state index contributed by atoms with van der Waals surface area (Å²) in [6.07, 6.45) is 0.884. The van der Waals surface area contributed by atoms with Gasteiger partial charge in [0, 0.05) is 17.3 Å². The summed E-state index contributed by atoms with van der Waals surface area (Å²) in [5, 5.41) is 12.4. The SMILES string of the molecule is CC[NH+]1CCc2c([nH]c3ccccc23)[C@H]1c1c(O)n(-c2ccc(C)cc2)c(=O)[nH]c1=O. The number of fused-ring (bicyclic) bond motifs is 3. The minimum Gasteiger partial charge on any atom is -0.494 e. The van der Waals surface area contributed by atoms with Gasteiger partial charge in [-0.05, 0) is 37.6 Å². The number of benzene rings is 2. The molecule has 0 radical (unpaired) electrons. The first-order chi connectivity index (χ1) is 15.0. The third-order valence-electron chi connectivity index (χ3n) is 6.40. The van der Waals surface area contributed by atoms with Crippen molar-refractivity contribution in [3.05, 3.63) is 91.8 Å². The number of rotatable bonds is 3. The fraction of sp³-hybridized carbons (Fsp3) is 0.250. The van der Waals surface area contributed by atoms with Crippen LogP contribution in [0.3, 0.4) is 0 Å². The highest BCUT2D eigenvalue weighted by Gasteiger charge is 2.39. The number of aromatic hydroxyl groups is 1. The molecule has 0 saturated heterocycles. The number of aromatic nitrogens is 3. The minimum absolute atomic E-state index is 0.213.